The van der Waals surface area contributed by atoms with E-state index in [1.54, 1.807) is 14.2 Å². The van der Waals surface area contributed by atoms with Gasteiger partial charge in [0, 0.05) is 30.2 Å². The molecule has 0 radical (unpaired) electrons. The normalized spacial score (nSPS) is 15.3. The number of methoxy groups -OCH3 is 2. The van der Waals surface area contributed by atoms with Crippen LogP contribution in [0.15, 0.2) is 53.6 Å². The second-order valence-electron chi connectivity index (χ2n) is 7.91. The van der Waals surface area contributed by atoms with Gasteiger partial charge in [0.15, 0.2) is 0 Å². The van der Waals surface area contributed by atoms with Gasteiger partial charge in [0.1, 0.15) is 16.7 Å². The van der Waals surface area contributed by atoms with E-state index in [-0.39, 0.29) is 30.3 Å². The zero-order valence-corrected chi connectivity index (χ0v) is 19.6. The van der Waals surface area contributed by atoms with Gasteiger partial charge in [-0.05, 0) is 60.5 Å². The van der Waals surface area contributed by atoms with Crippen molar-refractivity contribution < 1.29 is 24.2 Å². The number of hydrogen-bond donors (Lipinski definition) is 1. The molecule has 34 heavy (non-hydrogen) atoms. The van der Waals surface area contributed by atoms with Crippen molar-refractivity contribution in [2.45, 2.75) is 31.7 Å². The predicted molar refractivity (Wildman–Crippen MR) is 129 cm³/mol. The summed E-state index contributed by atoms with van der Waals surface area (Å²) < 4.78 is 10.6. The first kappa shape index (κ1) is 23.5. The smallest absolute Gasteiger partial charge is 0.303 e. The van der Waals surface area contributed by atoms with E-state index in [1.807, 2.05) is 48.5 Å². The van der Waals surface area contributed by atoms with Crippen molar-refractivity contribution in [1.29, 1.82) is 0 Å². The van der Waals surface area contributed by atoms with E-state index in [2.05, 4.69) is 10.1 Å². The van der Waals surface area contributed by atoms with Crippen molar-refractivity contribution in [3.8, 4) is 11.5 Å². The van der Waals surface area contributed by atoms with E-state index in [0.717, 1.165) is 22.4 Å². The SMILES string of the molecule is COc1ccc(C2=NN(C(=O)CCCC(=O)O)C(c3cc4cc(OC)ccc4nc3Cl)C2)cc1. The highest BCUT2D eigenvalue weighted by molar-refractivity contribution is 6.30. The Kier molecular flexibility index (Phi) is 6.98. The summed E-state index contributed by atoms with van der Waals surface area (Å²) in [5.41, 5.74) is 2.96. The maximum Gasteiger partial charge on any atom is 0.303 e. The van der Waals surface area contributed by atoms with Crippen LogP contribution in [0.25, 0.3) is 10.9 Å². The van der Waals surface area contributed by atoms with E-state index in [0.29, 0.717) is 23.3 Å². The topological polar surface area (TPSA) is 101 Å². The maximum atomic E-state index is 13.1. The van der Waals surface area contributed by atoms with Crippen LogP contribution >= 0.6 is 11.6 Å². The number of fused-ring (bicyclic) bond motifs is 1. The summed E-state index contributed by atoms with van der Waals surface area (Å²) in [7, 11) is 3.19. The van der Waals surface area contributed by atoms with E-state index in [4.69, 9.17) is 26.2 Å². The molecule has 4 rings (SSSR count). The van der Waals surface area contributed by atoms with Gasteiger partial charge >= 0.3 is 5.97 Å². The standard InChI is InChI=1S/C25H24ClN3O5/c1-33-17-8-6-15(7-9-17)21-14-22(29(28-21)23(30)4-3-5-24(31)32)19-13-16-12-18(34-2)10-11-20(16)27-25(19)26/h6-13,22H,3-5,14H2,1-2H3,(H,31,32). The Hall–Kier alpha value is -3.65. The first-order valence-corrected chi connectivity index (χ1v) is 11.2. The lowest BCUT2D eigenvalue weighted by atomic mass is 9.98. The average molecular weight is 482 g/mol. The molecule has 0 spiro atoms. The van der Waals surface area contributed by atoms with E-state index < -0.39 is 12.0 Å². The number of halogens is 1. The van der Waals surface area contributed by atoms with E-state index in [1.165, 1.54) is 5.01 Å². The van der Waals surface area contributed by atoms with Crippen LogP contribution in [-0.2, 0) is 9.59 Å². The van der Waals surface area contributed by atoms with Crippen molar-refractivity contribution in [1.82, 2.24) is 9.99 Å². The van der Waals surface area contributed by atoms with E-state index >= 15 is 0 Å². The summed E-state index contributed by atoms with van der Waals surface area (Å²) in [6.45, 7) is 0. The molecule has 8 nitrogen and oxygen atoms in total. The third-order valence-electron chi connectivity index (χ3n) is 5.73. The molecule has 9 heteroatoms. The Bertz CT molecular complexity index is 1260. The van der Waals surface area contributed by atoms with Crippen LogP contribution < -0.4 is 9.47 Å². The minimum Gasteiger partial charge on any atom is -0.497 e. The second kappa shape index (κ2) is 10.1. The van der Waals surface area contributed by atoms with Gasteiger partial charge in [0.25, 0.3) is 0 Å². The Balaban J connectivity index is 1.70. The zero-order chi connectivity index (χ0) is 24.2. The van der Waals surface area contributed by atoms with Crippen LogP contribution in [0, 0.1) is 0 Å². The van der Waals surface area contributed by atoms with Crippen LogP contribution in [-0.4, -0.2) is 46.9 Å². The zero-order valence-electron chi connectivity index (χ0n) is 18.8. The lowest BCUT2D eigenvalue weighted by Crippen LogP contribution is -2.27. The predicted octanol–water partition coefficient (Wildman–Crippen LogP) is 4.84. The number of rotatable bonds is 8. The maximum absolute atomic E-state index is 13.1. The number of nitrogens with zero attached hydrogens (tertiary/aromatic N) is 3. The fourth-order valence-electron chi connectivity index (χ4n) is 3.95. The first-order valence-electron chi connectivity index (χ1n) is 10.8. The largest absolute Gasteiger partial charge is 0.497 e. The number of carbonyl (C=O) groups is 2. The Morgan fingerprint density at radius 2 is 1.76 bits per heavy atom. The lowest BCUT2D eigenvalue weighted by molar-refractivity contribution is -0.137. The number of ether oxygens (including phenoxy) is 2. The number of carboxylic acids is 1. The molecule has 1 atom stereocenters. The minimum atomic E-state index is -0.941. The van der Waals surface area contributed by atoms with Gasteiger partial charge in [0.05, 0.1) is 31.5 Å². The third-order valence-corrected chi connectivity index (χ3v) is 6.03. The molecule has 1 N–H and O–H groups in total. The number of hydrogen-bond acceptors (Lipinski definition) is 6. The van der Waals surface area contributed by atoms with Crippen LogP contribution in [0.2, 0.25) is 5.15 Å². The van der Waals surface area contributed by atoms with Gasteiger partial charge in [-0.3, -0.25) is 9.59 Å². The van der Waals surface area contributed by atoms with Crippen LogP contribution in [0.4, 0.5) is 0 Å². The molecule has 3 aromatic rings. The van der Waals surface area contributed by atoms with Crippen LogP contribution in [0.3, 0.4) is 0 Å². The summed E-state index contributed by atoms with van der Waals surface area (Å²) in [5, 5.41) is 16.1. The van der Waals surface area contributed by atoms with Gasteiger partial charge in [0.2, 0.25) is 5.91 Å². The minimum absolute atomic E-state index is 0.0641. The lowest BCUT2D eigenvalue weighted by Gasteiger charge is -2.23. The fraction of sp³-hybridized carbons (Fsp3) is 0.280. The molecule has 0 saturated carbocycles. The summed E-state index contributed by atoms with van der Waals surface area (Å²) in [5.74, 6) is 0.197. The molecular weight excluding hydrogens is 458 g/mol. The molecule has 1 aromatic heterocycles. The molecule has 0 fully saturated rings. The molecule has 176 valence electrons. The molecule has 1 aliphatic heterocycles. The molecule has 1 unspecified atom stereocenters. The highest BCUT2D eigenvalue weighted by atomic mass is 35.5. The highest BCUT2D eigenvalue weighted by Gasteiger charge is 2.34. The van der Waals surface area contributed by atoms with Crippen molar-refractivity contribution >= 4 is 40.1 Å². The van der Waals surface area contributed by atoms with Gasteiger partial charge in [-0.25, -0.2) is 9.99 Å². The number of aliphatic carboxylic acids is 1. The highest BCUT2D eigenvalue weighted by Crippen LogP contribution is 2.38. The summed E-state index contributed by atoms with van der Waals surface area (Å²) in [6.07, 6.45) is 0.644. The van der Waals surface area contributed by atoms with Crippen LogP contribution in [0.1, 0.15) is 42.9 Å². The number of hydrazone groups is 1. The van der Waals surface area contributed by atoms with Crippen LogP contribution in [0.5, 0.6) is 11.5 Å². The fourth-order valence-corrected chi connectivity index (χ4v) is 4.23. The number of amides is 1. The van der Waals surface area contributed by atoms with Crippen molar-refractivity contribution in [2.75, 3.05) is 14.2 Å². The van der Waals surface area contributed by atoms with Gasteiger partial charge in [-0.15, -0.1) is 0 Å². The number of benzene rings is 2. The molecule has 0 bridgehead atoms. The monoisotopic (exact) mass is 481 g/mol. The second-order valence-corrected chi connectivity index (χ2v) is 8.27. The number of carbonyl (C=O) groups excluding carboxylic acids is 1. The molecule has 0 saturated heterocycles. The third kappa shape index (κ3) is 4.97. The number of pyridine rings is 1. The van der Waals surface area contributed by atoms with Crippen molar-refractivity contribution in [3.05, 3.63) is 64.8 Å². The van der Waals surface area contributed by atoms with E-state index in [9.17, 15) is 9.59 Å². The molecular formula is C25H24ClN3O5. The molecule has 1 amide bonds. The average Bonchev–Trinajstić information content (AvgIpc) is 3.28. The van der Waals surface area contributed by atoms with Crippen molar-refractivity contribution in [2.24, 2.45) is 5.10 Å². The summed E-state index contributed by atoms with van der Waals surface area (Å²) in [6, 6.07) is 14.4. The Morgan fingerprint density at radius 1 is 1.06 bits per heavy atom. The Morgan fingerprint density at radius 3 is 2.44 bits per heavy atom. The van der Waals surface area contributed by atoms with Gasteiger partial charge in [-0.1, -0.05) is 11.6 Å². The molecule has 0 aliphatic carbocycles. The molecule has 1 aliphatic rings. The summed E-state index contributed by atoms with van der Waals surface area (Å²) >= 11 is 6.58. The first-order chi connectivity index (χ1) is 16.4. The Labute approximate surface area is 201 Å². The number of carboxylic acid groups (broad SMARTS) is 1. The van der Waals surface area contributed by atoms with Gasteiger partial charge < -0.3 is 14.6 Å². The quantitative estimate of drug-likeness (QED) is 0.462. The molecule has 2 heterocycles. The molecule has 2 aromatic carbocycles. The van der Waals surface area contributed by atoms with Crippen molar-refractivity contribution in [3.63, 3.8) is 0 Å². The summed E-state index contributed by atoms with van der Waals surface area (Å²) in [4.78, 5) is 28.5. The number of aromatic nitrogens is 1. The van der Waals surface area contributed by atoms with Gasteiger partial charge in [-0.2, -0.15) is 5.10 Å².